The summed E-state index contributed by atoms with van der Waals surface area (Å²) in [6, 6.07) is 0. The molecule has 1 aromatic heterocycles. The van der Waals surface area contributed by atoms with E-state index in [4.69, 9.17) is 0 Å². The summed E-state index contributed by atoms with van der Waals surface area (Å²) in [4.78, 5) is 6.84. The van der Waals surface area contributed by atoms with E-state index in [2.05, 4.69) is 43.1 Å². The van der Waals surface area contributed by atoms with E-state index in [1.165, 1.54) is 0 Å². The molecule has 0 bridgehead atoms. The molecule has 0 saturated heterocycles. The van der Waals surface area contributed by atoms with Crippen LogP contribution in [0.15, 0.2) is 5.38 Å². The molecule has 0 amide bonds. The maximum absolute atomic E-state index is 10.3. The number of aliphatic hydroxyl groups is 1. The highest BCUT2D eigenvalue weighted by atomic mass is 32.1. The minimum absolute atomic E-state index is 0.136. The van der Waals surface area contributed by atoms with E-state index >= 15 is 0 Å². The number of hydrogen-bond donors (Lipinski definition) is 1. The first kappa shape index (κ1) is 16.9. The molecule has 3 atom stereocenters. The van der Waals surface area contributed by atoms with Crippen LogP contribution in [0.2, 0.25) is 0 Å². The second-order valence-corrected chi connectivity index (χ2v) is 8.82. The number of hydrogen-bond acceptors (Lipinski definition) is 4. The van der Waals surface area contributed by atoms with Gasteiger partial charge in [0.2, 0.25) is 0 Å². The van der Waals surface area contributed by atoms with E-state index < -0.39 is 0 Å². The van der Waals surface area contributed by atoms with Gasteiger partial charge in [-0.2, -0.15) is 0 Å². The van der Waals surface area contributed by atoms with Crippen molar-refractivity contribution in [1.29, 1.82) is 0 Å². The lowest BCUT2D eigenvalue weighted by molar-refractivity contribution is 0.00548. The molecule has 1 saturated carbocycles. The quantitative estimate of drug-likeness (QED) is 0.921. The van der Waals surface area contributed by atoms with Crippen molar-refractivity contribution in [2.75, 3.05) is 13.6 Å². The number of nitrogens with zero attached hydrogens (tertiary/aromatic N) is 2. The summed E-state index contributed by atoms with van der Waals surface area (Å²) in [6.07, 6.45) is 3.13. The van der Waals surface area contributed by atoms with E-state index in [9.17, 15) is 5.11 Å². The lowest BCUT2D eigenvalue weighted by Gasteiger charge is -2.41. The highest BCUT2D eigenvalue weighted by molar-refractivity contribution is 7.09. The van der Waals surface area contributed by atoms with Crippen molar-refractivity contribution < 1.29 is 5.11 Å². The fraction of sp³-hybridized carbons (Fsp3) is 0.824. The number of aromatic nitrogens is 1. The maximum Gasteiger partial charge on any atom is 0.0897 e. The van der Waals surface area contributed by atoms with Gasteiger partial charge in [0.25, 0.3) is 0 Å². The summed E-state index contributed by atoms with van der Waals surface area (Å²) in [5.74, 6) is 1.12. The topological polar surface area (TPSA) is 36.4 Å². The third kappa shape index (κ3) is 4.76. The minimum Gasteiger partial charge on any atom is -0.393 e. The standard InChI is InChI=1S/C17H30N2OS/c1-12-18-15(11-21-12)10-19(5)9-13-8-14(17(2,3)4)6-7-16(13)20/h11,13-14,16,20H,6-10H2,1-5H3. The molecule has 21 heavy (non-hydrogen) atoms. The van der Waals surface area contributed by atoms with Crippen LogP contribution in [0.25, 0.3) is 0 Å². The Balaban J connectivity index is 1.90. The molecule has 1 N–H and O–H groups in total. The molecule has 0 aromatic carbocycles. The Morgan fingerprint density at radius 1 is 1.38 bits per heavy atom. The van der Waals surface area contributed by atoms with Gasteiger partial charge in [0.15, 0.2) is 0 Å². The predicted octanol–water partition coefficient (Wildman–Crippen LogP) is 3.71. The second-order valence-electron chi connectivity index (χ2n) is 7.76. The van der Waals surface area contributed by atoms with E-state index in [1.807, 2.05) is 6.92 Å². The first-order chi connectivity index (χ1) is 9.75. The smallest absolute Gasteiger partial charge is 0.0897 e. The van der Waals surface area contributed by atoms with Gasteiger partial charge in [-0.1, -0.05) is 20.8 Å². The van der Waals surface area contributed by atoms with Crippen molar-refractivity contribution in [2.24, 2.45) is 17.3 Å². The molecule has 3 nitrogen and oxygen atoms in total. The van der Waals surface area contributed by atoms with E-state index in [0.717, 1.165) is 49.0 Å². The summed E-state index contributed by atoms with van der Waals surface area (Å²) in [5, 5.41) is 13.6. The Morgan fingerprint density at radius 3 is 2.67 bits per heavy atom. The SMILES string of the molecule is Cc1nc(CN(C)CC2CC(C(C)(C)C)CCC2O)cs1. The maximum atomic E-state index is 10.3. The fourth-order valence-corrected chi connectivity index (χ4v) is 4.06. The number of aryl methyl sites for hydroxylation is 1. The van der Waals surface area contributed by atoms with E-state index in [-0.39, 0.29) is 6.10 Å². The summed E-state index contributed by atoms with van der Waals surface area (Å²) in [5.41, 5.74) is 1.50. The summed E-state index contributed by atoms with van der Waals surface area (Å²) in [7, 11) is 2.14. The molecule has 1 aliphatic rings. The number of thiazole rings is 1. The molecule has 2 rings (SSSR count). The van der Waals surface area contributed by atoms with Crippen molar-refractivity contribution in [2.45, 2.75) is 59.6 Å². The minimum atomic E-state index is -0.136. The highest BCUT2D eigenvalue weighted by Crippen LogP contribution is 2.40. The lowest BCUT2D eigenvalue weighted by atomic mass is 9.68. The molecule has 0 radical (unpaired) electrons. The first-order valence-electron chi connectivity index (χ1n) is 8.03. The zero-order valence-electron chi connectivity index (χ0n) is 14.1. The molecule has 1 aliphatic carbocycles. The van der Waals surface area contributed by atoms with Crippen molar-refractivity contribution in [1.82, 2.24) is 9.88 Å². The van der Waals surface area contributed by atoms with Gasteiger partial charge in [-0.15, -0.1) is 11.3 Å². The zero-order chi connectivity index (χ0) is 15.6. The van der Waals surface area contributed by atoms with Crippen molar-refractivity contribution in [3.63, 3.8) is 0 Å². The van der Waals surface area contributed by atoms with Crippen LogP contribution in [0.4, 0.5) is 0 Å². The van der Waals surface area contributed by atoms with Crippen molar-refractivity contribution in [3.8, 4) is 0 Å². The molecule has 0 spiro atoms. The lowest BCUT2D eigenvalue weighted by Crippen LogP contribution is -2.40. The third-order valence-electron chi connectivity index (χ3n) is 4.81. The van der Waals surface area contributed by atoms with Gasteiger partial charge in [-0.3, -0.25) is 0 Å². The van der Waals surface area contributed by atoms with Crippen LogP contribution in [0, 0.1) is 24.2 Å². The molecule has 120 valence electrons. The molecule has 4 heteroatoms. The molecule has 1 fully saturated rings. The van der Waals surface area contributed by atoms with Crippen molar-refractivity contribution in [3.05, 3.63) is 16.1 Å². The van der Waals surface area contributed by atoms with Gasteiger partial charge in [0.05, 0.1) is 16.8 Å². The van der Waals surface area contributed by atoms with Crippen LogP contribution in [-0.2, 0) is 6.54 Å². The Kier molecular flexibility index (Phi) is 5.44. The monoisotopic (exact) mass is 310 g/mol. The summed E-state index contributed by atoms with van der Waals surface area (Å²) in [6.45, 7) is 10.9. The van der Waals surface area contributed by atoms with Gasteiger partial charge in [-0.05, 0) is 50.5 Å². The van der Waals surface area contributed by atoms with Gasteiger partial charge in [-0.25, -0.2) is 4.98 Å². The van der Waals surface area contributed by atoms with Crippen LogP contribution in [0.5, 0.6) is 0 Å². The van der Waals surface area contributed by atoms with Crippen molar-refractivity contribution >= 4 is 11.3 Å². The van der Waals surface area contributed by atoms with Crippen LogP contribution >= 0.6 is 11.3 Å². The van der Waals surface area contributed by atoms with Crippen LogP contribution in [0.3, 0.4) is 0 Å². The van der Waals surface area contributed by atoms with Crippen LogP contribution in [-0.4, -0.2) is 34.7 Å². The number of rotatable bonds is 4. The Hall–Kier alpha value is -0.450. The molecule has 0 aliphatic heterocycles. The summed E-state index contributed by atoms with van der Waals surface area (Å²) < 4.78 is 0. The van der Waals surface area contributed by atoms with Gasteiger partial charge < -0.3 is 10.0 Å². The van der Waals surface area contributed by atoms with Crippen LogP contribution in [0.1, 0.15) is 50.7 Å². The Bertz CT molecular complexity index is 452. The Morgan fingerprint density at radius 2 is 2.10 bits per heavy atom. The predicted molar refractivity (Wildman–Crippen MR) is 89.5 cm³/mol. The molecular weight excluding hydrogens is 280 g/mol. The van der Waals surface area contributed by atoms with Gasteiger partial charge >= 0.3 is 0 Å². The second kappa shape index (κ2) is 6.76. The number of aliphatic hydroxyl groups excluding tert-OH is 1. The van der Waals surface area contributed by atoms with E-state index in [1.54, 1.807) is 11.3 Å². The average molecular weight is 311 g/mol. The van der Waals surface area contributed by atoms with Gasteiger partial charge in [0, 0.05) is 18.5 Å². The molecule has 1 aromatic rings. The first-order valence-corrected chi connectivity index (χ1v) is 8.91. The average Bonchev–Trinajstić information content (AvgIpc) is 2.76. The van der Waals surface area contributed by atoms with Crippen LogP contribution < -0.4 is 0 Å². The summed E-state index contributed by atoms with van der Waals surface area (Å²) >= 11 is 1.71. The van der Waals surface area contributed by atoms with E-state index in [0.29, 0.717) is 11.3 Å². The highest BCUT2D eigenvalue weighted by Gasteiger charge is 2.35. The van der Waals surface area contributed by atoms with Gasteiger partial charge in [0.1, 0.15) is 0 Å². The molecule has 1 heterocycles. The third-order valence-corrected chi connectivity index (χ3v) is 5.63. The largest absolute Gasteiger partial charge is 0.393 e. The zero-order valence-corrected chi connectivity index (χ0v) is 14.9. The fourth-order valence-electron chi connectivity index (χ4n) is 3.45. The molecular formula is C17H30N2OS. The Labute approximate surface area is 133 Å². The normalized spacial score (nSPS) is 27.3. The molecule has 3 unspecified atom stereocenters.